The molecular weight excluding hydrogens is 202 g/mol. The summed E-state index contributed by atoms with van der Waals surface area (Å²) in [6.07, 6.45) is 0.958. The molecule has 3 nitrogen and oxygen atoms in total. The Balaban J connectivity index is 2.25. The van der Waals surface area contributed by atoms with Crippen molar-refractivity contribution in [1.29, 1.82) is 0 Å². The van der Waals surface area contributed by atoms with E-state index >= 15 is 0 Å². The van der Waals surface area contributed by atoms with Gasteiger partial charge < -0.3 is 15.6 Å². The van der Waals surface area contributed by atoms with Crippen LogP contribution in [0.4, 0.5) is 0 Å². The van der Waals surface area contributed by atoms with Gasteiger partial charge >= 0.3 is 0 Å². The van der Waals surface area contributed by atoms with Gasteiger partial charge in [-0.25, -0.2) is 0 Å². The second-order valence-electron chi connectivity index (χ2n) is 4.88. The van der Waals surface area contributed by atoms with Crippen LogP contribution in [-0.4, -0.2) is 25.4 Å². The summed E-state index contributed by atoms with van der Waals surface area (Å²) in [7, 11) is 1.66. The van der Waals surface area contributed by atoms with Crippen molar-refractivity contribution < 1.29 is 9.84 Å². The van der Waals surface area contributed by atoms with E-state index in [4.69, 9.17) is 10.5 Å². The van der Waals surface area contributed by atoms with Crippen molar-refractivity contribution >= 4 is 0 Å². The smallest absolute Gasteiger partial charge is 0.118 e. The van der Waals surface area contributed by atoms with Crippen LogP contribution in [-0.2, 0) is 5.41 Å². The minimum absolute atomic E-state index is 0.0166. The summed E-state index contributed by atoms with van der Waals surface area (Å²) < 4.78 is 5.13. The van der Waals surface area contributed by atoms with Crippen LogP contribution in [0.3, 0.4) is 0 Å². The molecule has 0 aliphatic heterocycles. The first-order valence-electron chi connectivity index (χ1n) is 5.57. The van der Waals surface area contributed by atoms with Crippen LogP contribution < -0.4 is 10.5 Å². The van der Waals surface area contributed by atoms with Crippen molar-refractivity contribution in [1.82, 2.24) is 0 Å². The minimum Gasteiger partial charge on any atom is -0.497 e. The highest BCUT2D eigenvalue weighted by Crippen LogP contribution is 2.63. The van der Waals surface area contributed by atoms with Crippen LogP contribution in [0.2, 0.25) is 0 Å². The number of aliphatic hydroxyl groups excluding tert-OH is 1. The zero-order valence-corrected chi connectivity index (χ0v) is 9.86. The molecule has 1 aromatic rings. The van der Waals surface area contributed by atoms with Gasteiger partial charge in [-0.05, 0) is 24.1 Å². The van der Waals surface area contributed by atoms with E-state index in [1.54, 1.807) is 7.11 Å². The fourth-order valence-corrected chi connectivity index (χ4v) is 2.59. The lowest BCUT2D eigenvalue weighted by Crippen LogP contribution is -2.27. The molecule has 1 aromatic carbocycles. The summed E-state index contributed by atoms with van der Waals surface area (Å²) in [4.78, 5) is 0. The van der Waals surface area contributed by atoms with Crippen molar-refractivity contribution in [2.24, 2.45) is 11.1 Å². The highest BCUT2D eigenvalue weighted by molar-refractivity contribution is 5.40. The third-order valence-corrected chi connectivity index (χ3v) is 4.16. The highest BCUT2D eigenvalue weighted by Gasteiger charge is 2.63. The van der Waals surface area contributed by atoms with E-state index < -0.39 is 0 Å². The molecule has 2 atom stereocenters. The maximum Gasteiger partial charge on any atom is 0.118 e. The molecule has 0 saturated heterocycles. The van der Waals surface area contributed by atoms with Gasteiger partial charge in [0.2, 0.25) is 0 Å². The second-order valence-corrected chi connectivity index (χ2v) is 4.88. The monoisotopic (exact) mass is 221 g/mol. The molecule has 1 saturated carbocycles. The molecule has 1 aliphatic rings. The van der Waals surface area contributed by atoms with Gasteiger partial charge in [-0.15, -0.1) is 0 Å². The standard InChI is InChI=1S/C13H19NO2/c1-12(7-13(12,8-14)9-15)10-3-5-11(16-2)6-4-10/h3-6,15H,7-9,14H2,1-2H3. The molecule has 88 valence electrons. The van der Waals surface area contributed by atoms with Gasteiger partial charge in [-0.3, -0.25) is 0 Å². The van der Waals surface area contributed by atoms with Gasteiger partial charge in [0.1, 0.15) is 5.75 Å². The Labute approximate surface area is 96.2 Å². The van der Waals surface area contributed by atoms with Gasteiger partial charge in [0, 0.05) is 17.4 Å². The van der Waals surface area contributed by atoms with Gasteiger partial charge in [-0.1, -0.05) is 19.1 Å². The molecule has 3 heteroatoms. The highest BCUT2D eigenvalue weighted by atomic mass is 16.5. The van der Waals surface area contributed by atoms with Crippen LogP contribution in [0.5, 0.6) is 5.75 Å². The Morgan fingerprint density at radius 1 is 1.38 bits per heavy atom. The number of aliphatic hydroxyl groups is 1. The summed E-state index contributed by atoms with van der Waals surface area (Å²) in [5, 5.41) is 9.45. The molecule has 0 bridgehead atoms. The van der Waals surface area contributed by atoms with Gasteiger partial charge in [0.15, 0.2) is 0 Å². The average Bonchev–Trinajstić information content (AvgIpc) is 2.97. The summed E-state index contributed by atoms with van der Waals surface area (Å²) in [6, 6.07) is 8.03. The Kier molecular flexibility index (Phi) is 2.68. The molecule has 2 rings (SSSR count). The molecule has 1 aliphatic carbocycles. The number of methoxy groups -OCH3 is 1. The van der Waals surface area contributed by atoms with E-state index in [-0.39, 0.29) is 17.4 Å². The van der Waals surface area contributed by atoms with Crippen molar-refractivity contribution in [3.05, 3.63) is 29.8 Å². The molecular formula is C13H19NO2. The number of benzene rings is 1. The Morgan fingerprint density at radius 2 is 2.00 bits per heavy atom. The lowest BCUT2D eigenvalue weighted by Gasteiger charge is -2.19. The molecule has 0 radical (unpaired) electrons. The molecule has 0 heterocycles. The third kappa shape index (κ3) is 1.43. The largest absolute Gasteiger partial charge is 0.497 e. The van der Waals surface area contributed by atoms with E-state index in [0.717, 1.165) is 12.2 Å². The Morgan fingerprint density at radius 3 is 2.38 bits per heavy atom. The van der Waals surface area contributed by atoms with Gasteiger partial charge in [0.25, 0.3) is 0 Å². The van der Waals surface area contributed by atoms with Gasteiger partial charge in [0.05, 0.1) is 13.7 Å². The number of ether oxygens (including phenoxy) is 1. The fourth-order valence-electron chi connectivity index (χ4n) is 2.59. The topological polar surface area (TPSA) is 55.5 Å². The van der Waals surface area contributed by atoms with E-state index in [9.17, 15) is 5.11 Å². The summed E-state index contributed by atoms with van der Waals surface area (Å²) >= 11 is 0. The molecule has 16 heavy (non-hydrogen) atoms. The molecule has 0 amide bonds. The minimum atomic E-state index is -0.123. The molecule has 0 spiro atoms. The third-order valence-electron chi connectivity index (χ3n) is 4.16. The number of hydrogen-bond acceptors (Lipinski definition) is 3. The lowest BCUT2D eigenvalue weighted by atomic mass is 9.88. The normalized spacial score (nSPS) is 32.5. The van der Waals surface area contributed by atoms with Crippen LogP contribution in [0, 0.1) is 5.41 Å². The maximum absolute atomic E-state index is 9.45. The van der Waals surface area contributed by atoms with E-state index in [0.29, 0.717) is 6.54 Å². The van der Waals surface area contributed by atoms with E-state index in [2.05, 4.69) is 19.1 Å². The zero-order valence-electron chi connectivity index (χ0n) is 9.86. The zero-order chi connectivity index (χ0) is 11.8. The van der Waals surface area contributed by atoms with Crippen LogP contribution in [0.25, 0.3) is 0 Å². The van der Waals surface area contributed by atoms with Gasteiger partial charge in [-0.2, -0.15) is 0 Å². The van der Waals surface area contributed by atoms with Crippen molar-refractivity contribution in [3.63, 3.8) is 0 Å². The number of nitrogens with two attached hydrogens (primary N) is 1. The van der Waals surface area contributed by atoms with Crippen LogP contribution in [0.15, 0.2) is 24.3 Å². The Bertz CT molecular complexity index is 370. The van der Waals surface area contributed by atoms with Crippen LogP contribution in [0.1, 0.15) is 18.9 Å². The Hall–Kier alpha value is -1.06. The summed E-state index contributed by atoms with van der Waals surface area (Å²) in [5.41, 5.74) is 6.89. The maximum atomic E-state index is 9.45. The lowest BCUT2D eigenvalue weighted by molar-refractivity contribution is 0.198. The summed E-state index contributed by atoms with van der Waals surface area (Å²) in [6.45, 7) is 2.86. The predicted molar refractivity (Wildman–Crippen MR) is 63.5 cm³/mol. The molecule has 1 fully saturated rings. The first kappa shape index (κ1) is 11.4. The average molecular weight is 221 g/mol. The van der Waals surface area contributed by atoms with Crippen molar-refractivity contribution in [3.8, 4) is 5.75 Å². The first-order chi connectivity index (χ1) is 7.62. The first-order valence-corrected chi connectivity index (χ1v) is 5.57. The quantitative estimate of drug-likeness (QED) is 0.805. The number of hydrogen-bond donors (Lipinski definition) is 2. The predicted octanol–water partition coefficient (Wildman–Crippen LogP) is 1.29. The fraction of sp³-hybridized carbons (Fsp3) is 0.538. The SMILES string of the molecule is COc1ccc(C2(C)CC2(CN)CO)cc1. The molecule has 0 aromatic heterocycles. The number of rotatable bonds is 4. The molecule has 2 unspecified atom stereocenters. The molecule has 3 N–H and O–H groups in total. The van der Waals surface area contributed by atoms with E-state index in [1.165, 1.54) is 5.56 Å². The summed E-state index contributed by atoms with van der Waals surface area (Å²) in [5.74, 6) is 0.857. The van der Waals surface area contributed by atoms with Crippen molar-refractivity contribution in [2.45, 2.75) is 18.8 Å². The van der Waals surface area contributed by atoms with Crippen LogP contribution >= 0.6 is 0 Å². The second kappa shape index (κ2) is 3.75. The van der Waals surface area contributed by atoms with E-state index in [1.807, 2.05) is 12.1 Å². The van der Waals surface area contributed by atoms with Crippen molar-refractivity contribution in [2.75, 3.05) is 20.3 Å².